The van der Waals surface area contributed by atoms with Crippen LogP contribution in [0.2, 0.25) is 0 Å². The highest BCUT2D eigenvalue weighted by molar-refractivity contribution is 7.99. The molecule has 0 spiro atoms. The number of nitrogens with one attached hydrogen (secondary N) is 2. The number of H-pyrrole nitrogens is 1. The van der Waals surface area contributed by atoms with Crippen molar-refractivity contribution >= 4 is 40.4 Å². The second-order valence-corrected chi connectivity index (χ2v) is 12.7. The van der Waals surface area contributed by atoms with E-state index >= 15 is 0 Å². The average Bonchev–Trinajstić information content (AvgIpc) is 3.57. The Morgan fingerprint density at radius 3 is 2.21 bits per heavy atom. The molecule has 2 aromatic heterocycles. The highest BCUT2D eigenvalue weighted by Gasteiger charge is 2.32. The highest BCUT2D eigenvalue weighted by atomic mass is 32.2. The Morgan fingerprint density at radius 2 is 1.54 bits per heavy atom. The van der Waals surface area contributed by atoms with Gasteiger partial charge < -0.3 is 19.9 Å². The largest absolute Gasteiger partial charge is 0.462 e. The predicted molar refractivity (Wildman–Crippen MR) is 188 cm³/mol. The molecule has 0 bridgehead atoms. The van der Waals surface area contributed by atoms with Crippen LogP contribution in [0.15, 0.2) is 114 Å². The molecule has 1 saturated heterocycles. The summed E-state index contributed by atoms with van der Waals surface area (Å²) in [6, 6.07) is 33.1. The predicted octanol–water partition coefficient (Wildman–Crippen LogP) is 5.95. The summed E-state index contributed by atoms with van der Waals surface area (Å²) in [6.07, 6.45) is 1.98. The maximum absolute atomic E-state index is 14.1. The molecule has 5 aromatic rings. The molecule has 3 heterocycles. The lowest BCUT2D eigenvalue weighted by Gasteiger charge is -2.40. The number of benzene rings is 3. The van der Waals surface area contributed by atoms with E-state index in [0.29, 0.717) is 54.6 Å². The quantitative estimate of drug-likeness (QED) is 0.126. The van der Waals surface area contributed by atoms with Gasteiger partial charge in [0.25, 0.3) is 5.91 Å². The number of nitrogens with zero attached hydrogens (tertiary/aromatic N) is 3. The summed E-state index contributed by atoms with van der Waals surface area (Å²) in [6.45, 7) is 4.47. The van der Waals surface area contributed by atoms with E-state index in [4.69, 9.17) is 4.74 Å². The molecular weight excluding hydrogens is 623 g/mol. The molecule has 0 radical (unpaired) electrons. The summed E-state index contributed by atoms with van der Waals surface area (Å²) in [5.41, 5.74) is 4.05. The topological polar surface area (TPSA) is 108 Å². The fourth-order valence-electron chi connectivity index (χ4n) is 6.14. The lowest BCUT2D eigenvalue weighted by molar-refractivity contribution is -0.135. The van der Waals surface area contributed by atoms with Crippen LogP contribution in [0.25, 0.3) is 10.9 Å². The molecule has 2 N–H and O–H groups in total. The number of hydrogen-bond acceptors (Lipinski definition) is 7. The maximum atomic E-state index is 14.1. The minimum atomic E-state index is -0.767. The molecule has 6 rings (SSSR count). The molecule has 1 aliphatic rings. The first-order chi connectivity index (χ1) is 23.5. The molecule has 9 nitrogen and oxygen atoms in total. The molecule has 2 amide bonds. The fraction of sp³-hybridized carbons (Fsp3) is 0.263. The van der Waals surface area contributed by atoms with Crippen LogP contribution in [0, 0.1) is 0 Å². The summed E-state index contributed by atoms with van der Waals surface area (Å²) in [5.74, 6) is -0.444. The van der Waals surface area contributed by atoms with E-state index in [1.54, 1.807) is 31.3 Å². The standard InChI is InChI=1S/C38H39N5O4S/c1-2-47-38(46)30-17-11-20-39-36(30)48-25-19-32(41-35(44)33-26-29-16-9-10-18-31(29)40-33)37(45)43-23-21-42(22-24-43)34(27-12-5-3-6-13-27)28-14-7-4-8-15-28/h3-18,20,26,32,34,40H,2,19,21-25H2,1H3,(H,41,44)/t32-/m0/s1. The summed E-state index contributed by atoms with van der Waals surface area (Å²) < 4.78 is 5.20. The minimum Gasteiger partial charge on any atom is -0.462 e. The molecule has 48 heavy (non-hydrogen) atoms. The normalized spacial score (nSPS) is 14.2. The number of pyridine rings is 1. The summed E-state index contributed by atoms with van der Waals surface area (Å²) >= 11 is 1.37. The van der Waals surface area contributed by atoms with Crippen LogP contribution < -0.4 is 5.32 Å². The molecule has 1 atom stereocenters. The lowest BCUT2D eigenvalue weighted by atomic mass is 9.96. The molecule has 1 aliphatic heterocycles. The van der Waals surface area contributed by atoms with E-state index in [9.17, 15) is 14.4 Å². The van der Waals surface area contributed by atoms with Gasteiger partial charge in [-0.05, 0) is 48.7 Å². The molecule has 1 fully saturated rings. The van der Waals surface area contributed by atoms with Crippen molar-refractivity contribution in [3.63, 3.8) is 0 Å². The van der Waals surface area contributed by atoms with Gasteiger partial charge >= 0.3 is 5.97 Å². The van der Waals surface area contributed by atoms with Crippen molar-refractivity contribution in [3.05, 3.63) is 132 Å². The molecule has 0 saturated carbocycles. The molecule has 246 valence electrons. The molecular formula is C38H39N5O4S. The first-order valence-electron chi connectivity index (χ1n) is 16.3. The Labute approximate surface area is 284 Å². The Hall–Kier alpha value is -4.93. The number of aromatic amines is 1. The Balaban J connectivity index is 1.17. The van der Waals surface area contributed by atoms with Crippen LogP contribution in [0.3, 0.4) is 0 Å². The van der Waals surface area contributed by atoms with Crippen LogP contribution in [0.1, 0.15) is 51.4 Å². The number of carbonyl (C=O) groups is 3. The number of carbonyl (C=O) groups excluding carboxylic acids is 3. The van der Waals surface area contributed by atoms with Gasteiger partial charge in [0.15, 0.2) is 0 Å². The van der Waals surface area contributed by atoms with Gasteiger partial charge in [0.1, 0.15) is 16.8 Å². The Bertz CT molecular complexity index is 1770. The zero-order valence-electron chi connectivity index (χ0n) is 26.9. The van der Waals surface area contributed by atoms with Gasteiger partial charge in [-0.15, -0.1) is 11.8 Å². The van der Waals surface area contributed by atoms with Crippen molar-refractivity contribution < 1.29 is 19.1 Å². The van der Waals surface area contributed by atoms with Crippen molar-refractivity contribution in [2.24, 2.45) is 0 Å². The molecule has 0 unspecified atom stereocenters. The van der Waals surface area contributed by atoms with Crippen molar-refractivity contribution in [1.82, 2.24) is 25.1 Å². The number of esters is 1. The maximum Gasteiger partial charge on any atom is 0.340 e. The van der Waals surface area contributed by atoms with Crippen LogP contribution in [-0.2, 0) is 9.53 Å². The Morgan fingerprint density at radius 1 is 0.875 bits per heavy atom. The zero-order valence-corrected chi connectivity index (χ0v) is 27.7. The van der Waals surface area contributed by atoms with Gasteiger partial charge in [-0.1, -0.05) is 78.9 Å². The van der Waals surface area contributed by atoms with Crippen molar-refractivity contribution in [1.29, 1.82) is 0 Å². The summed E-state index contributed by atoms with van der Waals surface area (Å²) in [5, 5.41) is 4.48. The third-order valence-corrected chi connectivity index (χ3v) is 9.55. The van der Waals surface area contributed by atoms with Crippen molar-refractivity contribution in [2.75, 3.05) is 38.5 Å². The van der Waals surface area contributed by atoms with Crippen molar-refractivity contribution in [3.8, 4) is 0 Å². The van der Waals surface area contributed by atoms with Gasteiger partial charge in [-0.2, -0.15) is 0 Å². The number of para-hydroxylation sites is 1. The number of hydrogen-bond donors (Lipinski definition) is 2. The van der Waals surface area contributed by atoms with E-state index in [1.807, 2.05) is 41.3 Å². The third kappa shape index (κ3) is 7.78. The monoisotopic (exact) mass is 661 g/mol. The van der Waals surface area contributed by atoms with Crippen molar-refractivity contribution in [2.45, 2.75) is 30.5 Å². The highest BCUT2D eigenvalue weighted by Crippen LogP contribution is 2.30. The van der Waals surface area contributed by atoms with E-state index in [-0.39, 0.29) is 24.5 Å². The van der Waals surface area contributed by atoms with Crippen LogP contribution in [0.5, 0.6) is 0 Å². The average molecular weight is 662 g/mol. The van der Waals surface area contributed by atoms with Crippen LogP contribution >= 0.6 is 11.8 Å². The SMILES string of the molecule is CCOC(=O)c1cccnc1SCC[C@H](NC(=O)c1cc2ccccc2[nH]1)C(=O)N1CCN(C(c2ccccc2)c2ccccc2)CC1. The molecule has 3 aromatic carbocycles. The van der Waals surface area contributed by atoms with Gasteiger partial charge in [0.05, 0.1) is 18.2 Å². The van der Waals surface area contributed by atoms with Gasteiger partial charge in [-0.25, -0.2) is 9.78 Å². The zero-order chi connectivity index (χ0) is 33.3. The molecule has 0 aliphatic carbocycles. The van der Waals surface area contributed by atoms with Gasteiger partial charge in [0.2, 0.25) is 5.91 Å². The van der Waals surface area contributed by atoms with E-state index in [0.717, 1.165) is 10.9 Å². The number of rotatable bonds is 12. The molecule has 10 heteroatoms. The fourth-order valence-corrected chi connectivity index (χ4v) is 7.13. The minimum absolute atomic E-state index is 0.0746. The first kappa shape index (κ1) is 33.0. The second kappa shape index (κ2) is 15.8. The number of aromatic nitrogens is 2. The summed E-state index contributed by atoms with van der Waals surface area (Å²) in [4.78, 5) is 52.0. The smallest absolute Gasteiger partial charge is 0.340 e. The first-order valence-corrected chi connectivity index (χ1v) is 17.3. The lowest BCUT2D eigenvalue weighted by Crippen LogP contribution is -2.55. The van der Waals surface area contributed by atoms with E-state index in [1.165, 1.54) is 22.9 Å². The summed E-state index contributed by atoms with van der Waals surface area (Å²) in [7, 11) is 0. The van der Waals surface area contributed by atoms with Gasteiger partial charge in [-0.3, -0.25) is 14.5 Å². The van der Waals surface area contributed by atoms with Crippen LogP contribution in [-0.4, -0.2) is 82.1 Å². The second-order valence-electron chi connectivity index (χ2n) is 11.6. The third-order valence-electron chi connectivity index (χ3n) is 8.51. The van der Waals surface area contributed by atoms with Crippen LogP contribution in [0.4, 0.5) is 0 Å². The number of ether oxygens (including phenoxy) is 1. The number of fused-ring (bicyclic) bond motifs is 1. The number of amides is 2. The number of piperazine rings is 1. The van der Waals surface area contributed by atoms with E-state index < -0.39 is 12.0 Å². The number of thioether (sulfide) groups is 1. The van der Waals surface area contributed by atoms with Gasteiger partial charge in [0, 0.05) is 49.0 Å². The Kier molecular flexibility index (Phi) is 10.8. The van der Waals surface area contributed by atoms with E-state index in [2.05, 4.69) is 68.7 Å².